The highest BCUT2D eigenvalue weighted by Crippen LogP contribution is 2.76. The highest BCUT2D eigenvalue weighted by molar-refractivity contribution is 6.05. The van der Waals surface area contributed by atoms with Crippen molar-refractivity contribution in [3.63, 3.8) is 0 Å². The molecule has 3 nitrogen and oxygen atoms in total. The summed E-state index contributed by atoms with van der Waals surface area (Å²) in [7, 11) is 1.55. The van der Waals surface area contributed by atoms with Crippen LogP contribution in [0.4, 0.5) is 0 Å². The molecule has 2 fully saturated rings. The Morgan fingerprint density at radius 3 is 2.67 bits per heavy atom. The van der Waals surface area contributed by atoms with E-state index in [1.165, 1.54) is 12.5 Å². The Morgan fingerprint density at radius 1 is 1.33 bits per heavy atom. The van der Waals surface area contributed by atoms with Crippen LogP contribution in [0.1, 0.15) is 50.4 Å². The van der Waals surface area contributed by atoms with E-state index in [9.17, 15) is 9.90 Å². The molecular formula is C18H24O3. The van der Waals surface area contributed by atoms with E-state index in [0.717, 1.165) is 12.8 Å². The first kappa shape index (κ1) is 14.4. The van der Waals surface area contributed by atoms with Gasteiger partial charge in [0, 0.05) is 11.5 Å². The standard InChI is InChI=1S/C18H24O3/c1-11-5-8-15-17(2,3)18(15,10-11)16(20)13-7-6-12(21-4)9-14(13)19/h6-7,9,11,15,19H,5,8,10H2,1-4H3/t11-,15-,18-/m0/s1. The molecule has 0 aliphatic heterocycles. The molecule has 114 valence electrons. The van der Waals surface area contributed by atoms with E-state index in [4.69, 9.17) is 4.74 Å². The van der Waals surface area contributed by atoms with E-state index < -0.39 is 0 Å². The molecule has 2 saturated carbocycles. The van der Waals surface area contributed by atoms with Gasteiger partial charge in [0.1, 0.15) is 11.5 Å². The first-order valence-electron chi connectivity index (χ1n) is 7.76. The number of hydrogen-bond acceptors (Lipinski definition) is 3. The number of phenolic OH excluding ortho intramolecular Hbond substituents is 1. The molecule has 0 heterocycles. The van der Waals surface area contributed by atoms with Crippen molar-refractivity contribution in [3.8, 4) is 11.5 Å². The molecular weight excluding hydrogens is 264 g/mol. The number of methoxy groups -OCH3 is 1. The molecule has 0 bridgehead atoms. The van der Waals surface area contributed by atoms with Crippen LogP contribution < -0.4 is 4.74 Å². The number of carbonyl (C=O) groups is 1. The Bertz CT molecular complexity index is 590. The Morgan fingerprint density at radius 2 is 2.05 bits per heavy atom. The van der Waals surface area contributed by atoms with Gasteiger partial charge in [-0.15, -0.1) is 0 Å². The van der Waals surface area contributed by atoms with Crippen molar-refractivity contribution >= 4 is 5.78 Å². The lowest BCUT2D eigenvalue weighted by Gasteiger charge is -2.27. The number of ether oxygens (including phenoxy) is 1. The molecule has 0 spiro atoms. The van der Waals surface area contributed by atoms with Crippen LogP contribution in [0.3, 0.4) is 0 Å². The normalized spacial score (nSPS) is 33.1. The Kier molecular flexibility index (Phi) is 3.09. The van der Waals surface area contributed by atoms with Crippen LogP contribution in [0.2, 0.25) is 0 Å². The van der Waals surface area contributed by atoms with Crippen LogP contribution in [-0.2, 0) is 0 Å². The number of rotatable bonds is 3. The van der Waals surface area contributed by atoms with Crippen molar-refractivity contribution in [1.82, 2.24) is 0 Å². The summed E-state index contributed by atoms with van der Waals surface area (Å²) in [4.78, 5) is 13.1. The molecule has 0 aromatic heterocycles. The van der Waals surface area contributed by atoms with Gasteiger partial charge in [-0.25, -0.2) is 0 Å². The second kappa shape index (κ2) is 4.49. The zero-order chi connectivity index (χ0) is 15.4. The van der Waals surface area contributed by atoms with Gasteiger partial charge in [0.05, 0.1) is 12.7 Å². The molecule has 1 N–H and O–H groups in total. The maximum atomic E-state index is 13.1. The Labute approximate surface area is 126 Å². The topological polar surface area (TPSA) is 46.5 Å². The maximum absolute atomic E-state index is 13.1. The number of aromatic hydroxyl groups is 1. The third-order valence-corrected chi connectivity index (χ3v) is 6.01. The Hall–Kier alpha value is -1.51. The number of phenols is 1. The summed E-state index contributed by atoms with van der Waals surface area (Å²) in [6.07, 6.45) is 3.27. The second-order valence-electron chi connectivity index (χ2n) is 7.34. The number of ketones is 1. The van der Waals surface area contributed by atoms with E-state index in [0.29, 0.717) is 23.1 Å². The van der Waals surface area contributed by atoms with Crippen molar-refractivity contribution in [2.75, 3.05) is 7.11 Å². The summed E-state index contributed by atoms with van der Waals surface area (Å²) in [5, 5.41) is 10.2. The number of carbonyl (C=O) groups excluding carboxylic acids is 1. The zero-order valence-electron chi connectivity index (χ0n) is 13.3. The van der Waals surface area contributed by atoms with Gasteiger partial charge in [-0.1, -0.05) is 27.2 Å². The number of hydrogen-bond donors (Lipinski definition) is 1. The quantitative estimate of drug-likeness (QED) is 0.854. The van der Waals surface area contributed by atoms with E-state index in [-0.39, 0.29) is 22.4 Å². The van der Waals surface area contributed by atoms with Gasteiger partial charge in [0.25, 0.3) is 0 Å². The molecule has 2 aliphatic rings. The van der Waals surface area contributed by atoms with Crippen LogP contribution in [0, 0.1) is 22.7 Å². The molecule has 3 atom stereocenters. The average Bonchev–Trinajstić information content (AvgIpc) is 2.94. The predicted molar refractivity (Wildman–Crippen MR) is 81.7 cm³/mol. The summed E-state index contributed by atoms with van der Waals surface area (Å²) in [6.45, 7) is 6.63. The van der Waals surface area contributed by atoms with Crippen molar-refractivity contribution in [1.29, 1.82) is 0 Å². The highest BCUT2D eigenvalue weighted by atomic mass is 16.5. The molecule has 0 saturated heterocycles. The summed E-state index contributed by atoms with van der Waals surface area (Å²) >= 11 is 0. The van der Waals surface area contributed by atoms with Gasteiger partial charge in [0.15, 0.2) is 5.78 Å². The first-order valence-corrected chi connectivity index (χ1v) is 7.76. The minimum atomic E-state index is -0.281. The predicted octanol–water partition coefficient (Wildman–Crippen LogP) is 4.05. The Balaban J connectivity index is 1.98. The monoisotopic (exact) mass is 288 g/mol. The SMILES string of the molecule is COc1ccc(C(=O)[C@]23C[C@@H](C)CC[C@H]2C3(C)C)c(O)c1. The summed E-state index contributed by atoms with van der Waals surface area (Å²) in [6, 6.07) is 4.98. The summed E-state index contributed by atoms with van der Waals surface area (Å²) < 4.78 is 5.10. The van der Waals surface area contributed by atoms with Crippen molar-refractivity contribution in [3.05, 3.63) is 23.8 Å². The van der Waals surface area contributed by atoms with Gasteiger partial charge >= 0.3 is 0 Å². The van der Waals surface area contributed by atoms with Crippen LogP contribution >= 0.6 is 0 Å². The van der Waals surface area contributed by atoms with E-state index in [2.05, 4.69) is 20.8 Å². The lowest BCUT2D eigenvalue weighted by Crippen LogP contribution is -2.27. The van der Waals surface area contributed by atoms with Crippen molar-refractivity contribution in [2.24, 2.45) is 22.7 Å². The lowest BCUT2D eigenvalue weighted by molar-refractivity contribution is 0.0807. The molecule has 3 rings (SSSR count). The largest absolute Gasteiger partial charge is 0.507 e. The van der Waals surface area contributed by atoms with Gasteiger partial charge in [0.2, 0.25) is 0 Å². The van der Waals surface area contributed by atoms with Gasteiger partial charge in [-0.3, -0.25) is 4.79 Å². The summed E-state index contributed by atoms with van der Waals surface area (Å²) in [5.74, 6) is 1.75. The zero-order valence-corrected chi connectivity index (χ0v) is 13.3. The van der Waals surface area contributed by atoms with Gasteiger partial charge < -0.3 is 9.84 Å². The van der Waals surface area contributed by atoms with Gasteiger partial charge in [-0.2, -0.15) is 0 Å². The third kappa shape index (κ3) is 1.82. The fourth-order valence-corrected chi connectivity index (χ4v) is 4.70. The van der Waals surface area contributed by atoms with Crippen LogP contribution in [0.15, 0.2) is 18.2 Å². The minimum Gasteiger partial charge on any atom is -0.507 e. The van der Waals surface area contributed by atoms with Gasteiger partial charge in [-0.05, 0) is 42.2 Å². The molecule has 0 unspecified atom stereocenters. The van der Waals surface area contributed by atoms with Crippen LogP contribution in [0.25, 0.3) is 0 Å². The smallest absolute Gasteiger partial charge is 0.173 e. The fourth-order valence-electron chi connectivity index (χ4n) is 4.70. The molecule has 0 radical (unpaired) electrons. The van der Waals surface area contributed by atoms with E-state index >= 15 is 0 Å². The molecule has 0 amide bonds. The fraction of sp³-hybridized carbons (Fsp3) is 0.611. The molecule has 2 aliphatic carbocycles. The maximum Gasteiger partial charge on any atom is 0.173 e. The second-order valence-corrected chi connectivity index (χ2v) is 7.34. The van der Waals surface area contributed by atoms with E-state index in [1.54, 1.807) is 19.2 Å². The molecule has 1 aromatic carbocycles. The highest BCUT2D eigenvalue weighted by Gasteiger charge is 2.75. The lowest BCUT2D eigenvalue weighted by atomic mass is 9.76. The number of fused-ring (bicyclic) bond motifs is 1. The minimum absolute atomic E-state index is 0.0356. The molecule has 21 heavy (non-hydrogen) atoms. The average molecular weight is 288 g/mol. The van der Waals surface area contributed by atoms with Crippen LogP contribution in [0.5, 0.6) is 11.5 Å². The van der Waals surface area contributed by atoms with Crippen molar-refractivity contribution in [2.45, 2.75) is 40.0 Å². The van der Waals surface area contributed by atoms with Crippen molar-refractivity contribution < 1.29 is 14.6 Å². The molecule has 3 heteroatoms. The third-order valence-electron chi connectivity index (χ3n) is 6.01. The summed E-state index contributed by atoms with van der Waals surface area (Å²) in [5.41, 5.74) is 0.207. The molecule has 1 aromatic rings. The van der Waals surface area contributed by atoms with E-state index in [1.807, 2.05) is 0 Å². The number of benzene rings is 1. The first-order chi connectivity index (χ1) is 9.84. The van der Waals surface area contributed by atoms with Crippen LogP contribution in [-0.4, -0.2) is 18.0 Å². The number of Topliss-reactive ketones (excluding diaryl/α,β-unsaturated/α-hetero) is 1.